The average Bonchev–Trinajstić information content (AvgIpc) is 2.73. The molecule has 0 bridgehead atoms. The molecule has 0 aromatic carbocycles. The molecule has 17 heavy (non-hydrogen) atoms. The average molecular weight is 240 g/mol. The predicted molar refractivity (Wildman–Crippen MR) is 67.5 cm³/mol. The third-order valence-electron chi connectivity index (χ3n) is 2.45. The van der Waals surface area contributed by atoms with Gasteiger partial charge < -0.3 is 10.5 Å². The quantitative estimate of drug-likeness (QED) is 0.703. The van der Waals surface area contributed by atoms with Gasteiger partial charge in [-0.15, -0.1) is 5.10 Å². The highest BCUT2D eigenvalue weighted by Crippen LogP contribution is 2.11. The molecule has 1 aromatic rings. The first-order valence-electron chi connectivity index (χ1n) is 6.36. The van der Waals surface area contributed by atoms with Gasteiger partial charge in [0, 0.05) is 6.61 Å². The summed E-state index contributed by atoms with van der Waals surface area (Å²) in [5, 5.41) is 8.12. The molecule has 0 fully saturated rings. The predicted octanol–water partition coefficient (Wildman–Crippen LogP) is 1.75. The van der Waals surface area contributed by atoms with Crippen LogP contribution in [0.2, 0.25) is 0 Å². The number of nitrogens with two attached hydrogens (primary N) is 1. The summed E-state index contributed by atoms with van der Waals surface area (Å²) in [5.41, 5.74) is 6.84. The monoisotopic (exact) mass is 240 g/mol. The Morgan fingerprint density at radius 2 is 2.24 bits per heavy atom. The second-order valence-electron chi connectivity index (χ2n) is 4.77. The van der Waals surface area contributed by atoms with Gasteiger partial charge in [-0.3, -0.25) is 0 Å². The van der Waals surface area contributed by atoms with Gasteiger partial charge in [0.2, 0.25) is 0 Å². The fourth-order valence-electron chi connectivity index (χ4n) is 1.53. The number of aromatic nitrogens is 3. The minimum Gasteiger partial charge on any atom is -0.379 e. The van der Waals surface area contributed by atoms with Crippen molar-refractivity contribution >= 4 is 0 Å². The third kappa shape index (κ3) is 5.28. The van der Waals surface area contributed by atoms with Crippen molar-refractivity contribution < 1.29 is 4.74 Å². The van der Waals surface area contributed by atoms with Gasteiger partial charge in [0.25, 0.3) is 0 Å². The summed E-state index contributed by atoms with van der Waals surface area (Å²) >= 11 is 0. The molecule has 0 amide bonds. The Labute approximate surface area is 103 Å². The first-order chi connectivity index (χ1) is 8.13. The first kappa shape index (κ1) is 14.1. The molecule has 0 saturated carbocycles. The first-order valence-corrected chi connectivity index (χ1v) is 6.36. The number of rotatable bonds is 8. The van der Waals surface area contributed by atoms with Gasteiger partial charge in [-0.05, 0) is 12.3 Å². The van der Waals surface area contributed by atoms with Gasteiger partial charge in [-0.1, -0.05) is 32.4 Å². The van der Waals surface area contributed by atoms with Crippen molar-refractivity contribution in [2.75, 3.05) is 13.2 Å². The van der Waals surface area contributed by atoms with Crippen molar-refractivity contribution in [2.45, 2.75) is 46.2 Å². The minimum absolute atomic E-state index is 0.00494. The van der Waals surface area contributed by atoms with Crippen LogP contribution in [-0.4, -0.2) is 28.2 Å². The van der Waals surface area contributed by atoms with E-state index in [2.05, 4.69) is 31.1 Å². The normalized spacial score (nSPS) is 13.2. The van der Waals surface area contributed by atoms with Gasteiger partial charge in [0.1, 0.15) is 0 Å². The summed E-state index contributed by atoms with van der Waals surface area (Å²) in [6.45, 7) is 8.58. The second kappa shape index (κ2) is 7.40. The number of ether oxygens (including phenoxy) is 1. The smallest absolute Gasteiger partial charge is 0.0994 e. The Hall–Kier alpha value is -0.940. The Morgan fingerprint density at radius 3 is 2.88 bits per heavy atom. The number of hydrogen-bond donors (Lipinski definition) is 1. The van der Waals surface area contributed by atoms with Crippen molar-refractivity contribution in [2.24, 2.45) is 11.7 Å². The third-order valence-corrected chi connectivity index (χ3v) is 2.45. The molecule has 1 rings (SSSR count). The zero-order valence-corrected chi connectivity index (χ0v) is 11.1. The molecular formula is C12H24N4O. The molecule has 1 atom stereocenters. The highest BCUT2D eigenvalue weighted by Gasteiger charge is 2.09. The zero-order valence-electron chi connectivity index (χ0n) is 11.1. The molecule has 0 aliphatic carbocycles. The fraction of sp³-hybridized carbons (Fsp3) is 0.833. The van der Waals surface area contributed by atoms with Crippen LogP contribution >= 0.6 is 0 Å². The molecule has 1 heterocycles. The van der Waals surface area contributed by atoms with E-state index in [0.717, 1.165) is 31.7 Å². The van der Waals surface area contributed by atoms with Gasteiger partial charge in [-0.2, -0.15) is 0 Å². The van der Waals surface area contributed by atoms with Crippen molar-refractivity contribution in [3.63, 3.8) is 0 Å². The van der Waals surface area contributed by atoms with Crippen LogP contribution in [0.15, 0.2) is 6.20 Å². The summed E-state index contributed by atoms with van der Waals surface area (Å²) in [5.74, 6) is 0.569. The summed E-state index contributed by atoms with van der Waals surface area (Å²) in [4.78, 5) is 0. The van der Waals surface area contributed by atoms with E-state index in [-0.39, 0.29) is 6.04 Å². The van der Waals surface area contributed by atoms with Crippen LogP contribution in [0.4, 0.5) is 0 Å². The second-order valence-corrected chi connectivity index (χ2v) is 4.77. The lowest BCUT2D eigenvalue weighted by Gasteiger charge is -2.06. The fourth-order valence-corrected chi connectivity index (χ4v) is 1.53. The highest BCUT2D eigenvalue weighted by molar-refractivity contribution is 4.99. The SMILES string of the molecule is CCCC(N)c1cn(CCOCC(C)C)nn1. The molecule has 2 N–H and O–H groups in total. The van der Waals surface area contributed by atoms with Crippen LogP contribution in [-0.2, 0) is 11.3 Å². The molecule has 0 aliphatic heterocycles. The number of hydrogen-bond acceptors (Lipinski definition) is 4. The van der Waals surface area contributed by atoms with Crippen molar-refractivity contribution in [1.82, 2.24) is 15.0 Å². The van der Waals surface area contributed by atoms with Crippen LogP contribution in [0, 0.1) is 5.92 Å². The van der Waals surface area contributed by atoms with Gasteiger partial charge in [0.15, 0.2) is 0 Å². The maximum Gasteiger partial charge on any atom is 0.0994 e. The molecule has 1 unspecified atom stereocenters. The Bertz CT molecular complexity index is 311. The summed E-state index contributed by atoms with van der Waals surface area (Å²) in [7, 11) is 0. The van der Waals surface area contributed by atoms with Crippen LogP contribution in [0.5, 0.6) is 0 Å². The molecule has 5 nitrogen and oxygen atoms in total. The van der Waals surface area contributed by atoms with E-state index >= 15 is 0 Å². The molecule has 5 heteroatoms. The minimum atomic E-state index is 0.00494. The lowest BCUT2D eigenvalue weighted by atomic mass is 10.1. The van der Waals surface area contributed by atoms with Crippen molar-refractivity contribution in [3.8, 4) is 0 Å². The Balaban J connectivity index is 2.30. The van der Waals surface area contributed by atoms with Gasteiger partial charge in [-0.25, -0.2) is 4.68 Å². The van der Waals surface area contributed by atoms with Crippen molar-refractivity contribution in [1.29, 1.82) is 0 Å². The van der Waals surface area contributed by atoms with E-state index in [4.69, 9.17) is 10.5 Å². The van der Waals surface area contributed by atoms with Gasteiger partial charge >= 0.3 is 0 Å². The molecular weight excluding hydrogens is 216 g/mol. The maximum atomic E-state index is 5.97. The van der Waals surface area contributed by atoms with Crippen molar-refractivity contribution in [3.05, 3.63) is 11.9 Å². The highest BCUT2D eigenvalue weighted by atomic mass is 16.5. The standard InChI is InChI=1S/C12H24N4O/c1-4-5-11(13)12-8-16(15-14-12)6-7-17-9-10(2)3/h8,10-11H,4-7,9,13H2,1-3H3. The van der Waals surface area contributed by atoms with E-state index in [1.165, 1.54) is 0 Å². The summed E-state index contributed by atoms with van der Waals surface area (Å²) in [6, 6.07) is 0.00494. The zero-order chi connectivity index (χ0) is 12.7. The van der Waals surface area contributed by atoms with E-state index < -0.39 is 0 Å². The lowest BCUT2D eigenvalue weighted by molar-refractivity contribution is 0.101. The lowest BCUT2D eigenvalue weighted by Crippen LogP contribution is -2.11. The van der Waals surface area contributed by atoms with Crippen LogP contribution in [0.1, 0.15) is 45.3 Å². The summed E-state index contributed by atoms with van der Waals surface area (Å²) in [6.07, 6.45) is 3.92. The van der Waals surface area contributed by atoms with Gasteiger partial charge in [0.05, 0.1) is 31.1 Å². The summed E-state index contributed by atoms with van der Waals surface area (Å²) < 4.78 is 7.29. The molecule has 0 saturated heterocycles. The Kier molecular flexibility index (Phi) is 6.15. The van der Waals surface area contributed by atoms with Crippen LogP contribution in [0.25, 0.3) is 0 Å². The molecule has 1 aromatic heterocycles. The molecule has 0 radical (unpaired) electrons. The molecule has 0 aliphatic rings. The molecule has 98 valence electrons. The van der Waals surface area contributed by atoms with Crippen LogP contribution < -0.4 is 5.73 Å². The van der Waals surface area contributed by atoms with E-state index in [0.29, 0.717) is 12.5 Å². The number of nitrogens with zero attached hydrogens (tertiary/aromatic N) is 3. The van der Waals surface area contributed by atoms with E-state index in [9.17, 15) is 0 Å². The van der Waals surface area contributed by atoms with E-state index in [1.807, 2.05) is 6.20 Å². The topological polar surface area (TPSA) is 66.0 Å². The van der Waals surface area contributed by atoms with E-state index in [1.54, 1.807) is 4.68 Å². The Morgan fingerprint density at radius 1 is 1.47 bits per heavy atom. The molecule has 0 spiro atoms. The maximum absolute atomic E-state index is 5.97. The van der Waals surface area contributed by atoms with Crippen LogP contribution in [0.3, 0.4) is 0 Å². The largest absolute Gasteiger partial charge is 0.379 e.